The molecule has 19 heavy (non-hydrogen) atoms. The van der Waals surface area contributed by atoms with Crippen LogP contribution in [0, 0.1) is 42.4 Å². The van der Waals surface area contributed by atoms with Gasteiger partial charge in [-0.3, -0.25) is 4.79 Å². The van der Waals surface area contributed by atoms with Gasteiger partial charge >= 0.3 is 0 Å². The van der Waals surface area contributed by atoms with Gasteiger partial charge < -0.3 is 5.48 Å². The first-order valence-corrected chi connectivity index (χ1v) is 5.53. The highest BCUT2D eigenvalue weighted by atomic mass is 16.1. The molecule has 0 aliphatic heterocycles. The van der Waals surface area contributed by atoms with Gasteiger partial charge in [0.25, 0.3) is 0 Å². The second-order valence-corrected chi connectivity index (χ2v) is 3.43. The van der Waals surface area contributed by atoms with Crippen molar-refractivity contribution in [1.29, 1.82) is 0 Å². The molecule has 0 saturated carbocycles. The molecule has 0 heterocycles. The van der Waals surface area contributed by atoms with E-state index in [1.807, 2.05) is 31.2 Å². The maximum Gasteiger partial charge on any atom is 0.159 e. The van der Waals surface area contributed by atoms with Crippen LogP contribution in [0.3, 0.4) is 0 Å². The third kappa shape index (κ3) is 10.4. The van der Waals surface area contributed by atoms with Crippen molar-refractivity contribution in [2.75, 3.05) is 0 Å². The Bertz CT molecular complexity index is 555. The fraction of sp³-hybridized carbons (Fsp3) is 0.235. The number of aryl methyl sites for hydroxylation is 1. The molecule has 98 valence electrons. The van der Waals surface area contributed by atoms with Gasteiger partial charge in [-0.05, 0) is 57.4 Å². The van der Waals surface area contributed by atoms with Gasteiger partial charge in [-0.2, -0.15) is 0 Å². The SMILES string of the molecule is CC#CC#CC#CC.CC(=O)c1cccc(C)c1.O. The van der Waals surface area contributed by atoms with Crippen LogP contribution in [0.4, 0.5) is 0 Å². The van der Waals surface area contributed by atoms with Gasteiger partial charge in [-0.15, -0.1) is 0 Å². The minimum atomic E-state index is 0. The van der Waals surface area contributed by atoms with Crippen molar-refractivity contribution >= 4 is 5.78 Å². The van der Waals surface area contributed by atoms with Crippen molar-refractivity contribution in [3.8, 4) is 35.5 Å². The van der Waals surface area contributed by atoms with Crippen LogP contribution in [0.15, 0.2) is 24.3 Å². The van der Waals surface area contributed by atoms with Crippen LogP contribution in [-0.2, 0) is 0 Å². The summed E-state index contributed by atoms with van der Waals surface area (Å²) in [5.41, 5.74) is 1.92. The molecule has 0 fully saturated rings. The molecular formula is C17H18O2. The van der Waals surface area contributed by atoms with Crippen molar-refractivity contribution in [3.63, 3.8) is 0 Å². The predicted molar refractivity (Wildman–Crippen MR) is 79.5 cm³/mol. The molecule has 1 aromatic rings. The van der Waals surface area contributed by atoms with Crippen molar-refractivity contribution in [2.24, 2.45) is 0 Å². The zero-order valence-electron chi connectivity index (χ0n) is 11.7. The van der Waals surface area contributed by atoms with E-state index >= 15 is 0 Å². The number of ketones is 1. The molecule has 0 bridgehead atoms. The van der Waals surface area contributed by atoms with Crippen LogP contribution >= 0.6 is 0 Å². The van der Waals surface area contributed by atoms with E-state index in [-0.39, 0.29) is 11.3 Å². The molecule has 0 atom stereocenters. The summed E-state index contributed by atoms with van der Waals surface area (Å²) in [6, 6.07) is 7.59. The van der Waals surface area contributed by atoms with E-state index in [0.29, 0.717) is 0 Å². The summed E-state index contributed by atoms with van der Waals surface area (Å²) < 4.78 is 0. The smallest absolute Gasteiger partial charge is 0.159 e. The second-order valence-electron chi connectivity index (χ2n) is 3.43. The molecule has 0 amide bonds. The monoisotopic (exact) mass is 254 g/mol. The normalized spacial score (nSPS) is 6.53. The largest absolute Gasteiger partial charge is 0.412 e. The first-order chi connectivity index (χ1) is 8.61. The van der Waals surface area contributed by atoms with Gasteiger partial charge in [0.05, 0.1) is 0 Å². The van der Waals surface area contributed by atoms with E-state index in [1.165, 1.54) is 0 Å². The summed E-state index contributed by atoms with van der Waals surface area (Å²) >= 11 is 0. The number of hydrogen-bond donors (Lipinski definition) is 0. The van der Waals surface area contributed by atoms with Gasteiger partial charge in [0.15, 0.2) is 5.78 Å². The highest BCUT2D eigenvalue weighted by molar-refractivity contribution is 5.94. The average molecular weight is 254 g/mol. The van der Waals surface area contributed by atoms with Gasteiger partial charge in [0.2, 0.25) is 0 Å². The van der Waals surface area contributed by atoms with Crippen molar-refractivity contribution in [1.82, 2.24) is 0 Å². The van der Waals surface area contributed by atoms with E-state index in [2.05, 4.69) is 35.5 Å². The first-order valence-electron chi connectivity index (χ1n) is 5.53. The number of rotatable bonds is 1. The Morgan fingerprint density at radius 1 is 1.00 bits per heavy atom. The maximum absolute atomic E-state index is 10.8. The van der Waals surface area contributed by atoms with Gasteiger partial charge in [-0.25, -0.2) is 0 Å². The lowest BCUT2D eigenvalue weighted by molar-refractivity contribution is 0.101. The Morgan fingerprint density at radius 2 is 1.53 bits per heavy atom. The van der Waals surface area contributed by atoms with Gasteiger partial charge in [0.1, 0.15) is 0 Å². The minimum absolute atomic E-state index is 0. The zero-order chi connectivity index (χ0) is 13.8. The standard InChI is InChI=1S/C9H10O.C8H6.H2O/c1-7-4-3-5-9(6-7)8(2)10;1-3-5-7-8-6-4-2;/h3-6H,1-2H3;1-2H3;1H2. The number of carbonyl (C=O) groups excluding carboxylic acids is 1. The third-order valence-electron chi connectivity index (χ3n) is 1.86. The lowest BCUT2D eigenvalue weighted by Crippen LogP contribution is -1.90. The lowest BCUT2D eigenvalue weighted by atomic mass is 10.1. The topological polar surface area (TPSA) is 48.6 Å². The molecule has 0 saturated heterocycles. The van der Waals surface area contributed by atoms with Gasteiger partial charge in [0, 0.05) is 5.56 Å². The molecular weight excluding hydrogens is 236 g/mol. The first kappa shape index (κ1) is 18.9. The molecule has 1 aromatic carbocycles. The molecule has 0 radical (unpaired) electrons. The van der Waals surface area contributed by atoms with E-state index in [9.17, 15) is 4.79 Å². The van der Waals surface area contributed by atoms with Crippen molar-refractivity contribution < 1.29 is 10.3 Å². The van der Waals surface area contributed by atoms with E-state index in [4.69, 9.17) is 0 Å². The number of carbonyl (C=O) groups is 1. The Labute approximate surface area is 115 Å². The summed E-state index contributed by atoms with van der Waals surface area (Å²) in [6.45, 7) is 7.04. The summed E-state index contributed by atoms with van der Waals surface area (Å²) in [5.74, 6) is 15.6. The molecule has 2 heteroatoms. The van der Waals surface area contributed by atoms with Crippen LogP contribution in [0.2, 0.25) is 0 Å². The maximum atomic E-state index is 10.8. The fourth-order valence-corrected chi connectivity index (χ4v) is 1.05. The second kappa shape index (κ2) is 12.0. The van der Waals surface area contributed by atoms with Crippen LogP contribution in [-0.4, -0.2) is 11.3 Å². The van der Waals surface area contributed by atoms with Gasteiger partial charge in [-0.1, -0.05) is 35.6 Å². The number of Topliss-reactive ketones (excluding diaryl/α,β-unsaturated/α-hetero) is 1. The fourth-order valence-electron chi connectivity index (χ4n) is 1.05. The number of benzene rings is 1. The predicted octanol–water partition coefficient (Wildman–Crippen LogP) is 2.41. The Morgan fingerprint density at radius 3 is 1.84 bits per heavy atom. The van der Waals surface area contributed by atoms with Crippen LogP contribution in [0.5, 0.6) is 0 Å². The quantitative estimate of drug-likeness (QED) is 0.561. The summed E-state index contributed by atoms with van der Waals surface area (Å²) in [6.07, 6.45) is 0. The molecule has 0 unspecified atom stereocenters. The van der Waals surface area contributed by atoms with Crippen molar-refractivity contribution in [3.05, 3.63) is 35.4 Å². The highest BCUT2D eigenvalue weighted by Crippen LogP contribution is 2.03. The highest BCUT2D eigenvalue weighted by Gasteiger charge is 1.95. The molecule has 1 rings (SSSR count). The Hall–Kier alpha value is -2.47. The van der Waals surface area contributed by atoms with E-state index in [0.717, 1.165) is 11.1 Å². The van der Waals surface area contributed by atoms with Crippen LogP contribution in [0.25, 0.3) is 0 Å². The zero-order valence-corrected chi connectivity index (χ0v) is 11.7. The summed E-state index contributed by atoms with van der Waals surface area (Å²) in [5, 5.41) is 0. The number of hydrogen-bond acceptors (Lipinski definition) is 1. The van der Waals surface area contributed by atoms with Crippen LogP contribution < -0.4 is 0 Å². The molecule has 0 spiro atoms. The Balaban J connectivity index is 0. The molecule has 0 aliphatic carbocycles. The minimum Gasteiger partial charge on any atom is -0.412 e. The third-order valence-corrected chi connectivity index (χ3v) is 1.86. The van der Waals surface area contributed by atoms with E-state index < -0.39 is 0 Å². The average Bonchev–Trinajstić information content (AvgIpc) is 2.35. The Kier molecular flexibility index (Phi) is 11.9. The van der Waals surface area contributed by atoms with Crippen LogP contribution in [0.1, 0.15) is 36.7 Å². The summed E-state index contributed by atoms with van der Waals surface area (Å²) in [4.78, 5) is 10.8. The molecule has 0 aliphatic rings. The molecule has 2 N–H and O–H groups in total. The summed E-state index contributed by atoms with van der Waals surface area (Å²) in [7, 11) is 0. The van der Waals surface area contributed by atoms with Crippen molar-refractivity contribution in [2.45, 2.75) is 27.7 Å². The van der Waals surface area contributed by atoms with E-state index in [1.54, 1.807) is 20.8 Å². The molecule has 0 aromatic heterocycles. The molecule has 2 nitrogen and oxygen atoms in total. The lowest BCUT2D eigenvalue weighted by Gasteiger charge is -1.94.